The number of hydrogen-bond acceptors (Lipinski definition) is 3. The largest absolute Gasteiger partial charge is 0.489 e. The topological polar surface area (TPSA) is 27.1 Å². The third-order valence-corrected chi connectivity index (χ3v) is 5.05. The van der Waals surface area contributed by atoms with Gasteiger partial charge < -0.3 is 4.74 Å². The van der Waals surface area contributed by atoms with Crippen LogP contribution in [0.3, 0.4) is 0 Å². The van der Waals surface area contributed by atoms with Crippen molar-refractivity contribution in [3.05, 3.63) is 84.1 Å². The maximum absolute atomic E-state index is 13.1. The van der Waals surface area contributed by atoms with Crippen LogP contribution >= 0.6 is 11.8 Å². The minimum absolute atomic E-state index is 0.0609. The van der Waals surface area contributed by atoms with Crippen molar-refractivity contribution in [1.29, 1.82) is 0 Å². The predicted molar refractivity (Wildman–Crippen MR) is 108 cm³/mol. The van der Waals surface area contributed by atoms with Crippen LogP contribution in [0.1, 0.15) is 11.3 Å². The number of nitrogens with zero attached hydrogens (tertiary/aromatic N) is 2. The maximum atomic E-state index is 13.1. The van der Waals surface area contributed by atoms with E-state index in [1.54, 1.807) is 43.3 Å². The molecule has 0 aliphatic carbocycles. The summed E-state index contributed by atoms with van der Waals surface area (Å²) in [4.78, 5) is 4.41. The summed E-state index contributed by atoms with van der Waals surface area (Å²) in [5.41, 5.74) is -2.01. The first kappa shape index (κ1) is 19.4. The van der Waals surface area contributed by atoms with Gasteiger partial charge in [-0.1, -0.05) is 36.4 Å². The standard InChI is InChI=1S/C22H17F3N2OS/c1-15-6-5-9-20(26-15)27-19-11-10-18(28-14-16-7-3-2-4-8-16)12-17(19)13-21(27)29-22(23,24)25/h2-13H,14H2,1H3. The molecule has 0 aliphatic rings. The lowest BCUT2D eigenvalue weighted by molar-refractivity contribution is -0.0329. The van der Waals surface area contributed by atoms with Gasteiger partial charge in [0.1, 0.15) is 18.2 Å². The van der Waals surface area contributed by atoms with Gasteiger partial charge in [-0.15, -0.1) is 0 Å². The zero-order chi connectivity index (χ0) is 20.4. The Morgan fingerprint density at radius 1 is 0.966 bits per heavy atom. The highest BCUT2D eigenvalue weighted by atomic mass is 32.2. The monoisotopic (exact) mass is 414 g/mol. The van der Waals surface area contributed by atoms with E-state index in [-0.39, 0.29) is 16.8 Å². The predicted octanol–water partition coefficient (Wildman–Crippen LogP) is 6.52. The highest BCUT2D eigenvalue weighted by molar-refractivity contribution is 8.00. The molecule has 4 aromatic rings. The minimum Gasteiger partial charge on any atom is -0.489 e. The van der Waals surface area contributed by atoms with E-state index in [2.05, 4.69) is 4.98 Å². The Hall–Kier alpha value is -2.93. The van der Waals surface area contributed by atoms with Crippen LogP contribution in [0, 0.1) is 6.92 Å². The van der Waals surface area contributed by atoms with Crippen LogP contribution in [-0.2, 0) is 6.61 Å². The zero-order valence-corrected chi connectivity index (χ0v) is 16.3. The summed E-state index contributed by atoms with van der Waals surface area (Å²) in [6.45, 7) is 2.19. The van der Waals surface area contributed by atoms with Crippen LogP contribution in [0.15, 0.2) is 77.8 Å². The van der Waals surface area contributed by atoms with Crippen LogP contribution in [-0.4, -0.2) is 15.1 Å². The molecule has 2 aromatic heterocycles. The summed E-state index contributed by atoms with van der Waals surface area (Å²) in [6, 6.07) is 21.8. The second-order valence-electron chi connectivity index (χ2n) is 6.50. The molecule has 29 heavy (non-hydrogen) atoms. The van der Waals surface area contributed by atoms with Crippen molar-refractivity contribution in [3.63, 3.8) is 0 Å². The lowest BCUT2D eigenvalue weighted by Crippen LogP contribution is -2.05. The van der Waals surface area contributed by atoms with Crippen LogP contribution in [0.2, 0.25) is 0 Å². The molecule has 2 heterocycles. The van der Waals surface area contributed by atoms with Crippen molar-refractivity contribution < 1.29 is 17.9 Å². The molecular formula is C22H17F3N2OS. The Morgan fingerprint density at radius 2 is 1.76 bits per heavy atom. The minimum atomic E-state index is -4.40. The van der Waals surface area contributed by atoms with E-state index < -0.39 is 5.51 Å². The number of aryl methyl sites for hydroxylation is 1. The lowest BCUT2D eigenvalue weighted by Gasteiger charge is -2.12. The molecule has 0 saturated carbocycles. The van der Waals surface area contributed by atoms with E-state index in [9.17, 15) is 13.2 Å². The second kappa shape index (κ2) is 7.83. The number of aromatic nitrogens is 2. The quantitative estimate of drug-likeness (QED) is 0.348. The second-order valence-corrected chi connectivity index (χ2v) is 7.58. The Labute approximate surface area is 170 Å². The molecule has 0 aliphatic heterocycles. The number of fused-ring (bicyclic) bond motifs is 1. The number of halogens is 3. The fourth-order valence-electron chi connectivity index (χ4n) is 3.08. The highest BCUT2D eigenvalue weighted by Crippen LogP contribution is 2.41. The highest BCUT2D eigenvalue weighted by Gasteiger charge is 2.32. The van der Waals surface area contributed by atoms with Crippen molar-refractivity contribution in [1.82, 2.24) is 9.55 Å². The Morgan fingerprint density at radius 3 is 2.48 bits per heavy atom. The van der Waals surface area contributed by atoms with Crippen molar-refractivity contribution in [2.45, 2.75) is 24.1 Å². The summed E-state index contributed by atoms with van der Waals surface area (Å²) in [6.07, 6.45) is 0. The molecule has 0 saturated heterocycles. The Kier molecular flexibility index (Phi) is 5.24. The molecule has 0 N–H and O–H groups in total. The van der Waals surface area contributed by atoms with Gasteiger partial charge in [-0.25, -0.2) is 4.98 Å². The maximum Gasteiger partial charge on any atom is 0.447 e. The first-order chi connectivity index (χ1) is 13.9. The van der Waals surface area contributed by atoms with Gasteiger partial charge in [0, 0.05) is 22.8 Å². The molecule has 2 aromatic carbocycles. The van der Waals surface area contributed by atoms with Crippen molar-refractivity contribution in [2.75, 3.05) is 0 Å². The summed E-state index contributed by atoms with van der Waals surface area (Å²) < 4.78 is 46.8. The van der Waals surface area contributed by atoms with E-state index >= 15 is 0 Å². The first-order valence-electron chi connectivity index (χ1n) is 8.91. The first-order valence-corrected chi connectivity index (χ1v) is 9.73. The van der Waals surface area contributed by atoms with E-state index in [1.807, 2.05) is 30.3 Å². The molecule has 7 heteroatoms. The smallest absolute Gasteiger partial charge is 0.447 e. The van der Waals surface area contributed by atoms with E-state index in [4.69, 9.17) is 4.74 Å². The normalized spacial score (nSPS) is 11.7. The summed E-state index contributed by atoms with van der Waals surface area (Å²) in [5.74, 6) is 1.05. The molecule has 0 unspecified atom stereocenters. The number of alkyl halides is 3. The molecule has 3 nitrogen and oxygen atoms in total. The van der Waals surface area contributed by atoms with Gasteiger partial charge in [-0.3, -0.25) is 4.57 Å². The van der Waals surface area contributed by atoms with Gasteiger partial charge in [0.15, 0.2) is 0 Å². The van der Waals surface area contributed by atoms with Gasteiger partial charge in [-0.05, 0) is 48.9 Å². The fourth-order valence-corrected chi connectivity index (χ4v) is 3.79. The Bertz CT molecular complexity index is 1140. The molecular weight excluding hydrogens is 397 g/mol. The lowest BCUT2D eigenvalue weighted by atomic mass is 10.2. The molecule has 0 radical (unpaired) electrons. The summed E-state index contributed by atoms with van der Waals surface area (Å²) in [5, 5.41) is 0.719. The van der Waals surface area contributed by atoms with Crippen LogP contribution in [0.4, 0.5) is 13.2 Å². The molecule has 0 bridgehead atoms. The third-order valence-electron chi connectivity index (χ3n) is 4.31. The van der Waals surface area contributed by atoms with E-state index in [1.165, 1.54) is 10.6 Å². The van der Waals surface area contributed by atoms with Crippen LogP contribution in [0.5, 0.6) is 5.75 Å². The molecule has 0 spiro atoms. The molecule has 4 rings (SSSR count). The summed E-state index contributed by atoms with van der Waals surface area (Å²) >= 11 is -0.148. The average Bonchev–Trinajstić information content (AvgIpc) is 3.02. The fraction of sp³-hybridized carbons (Fsp3) is 0.136. The van der Waals surface area contributed by atoms with Gasteiger partial charge in [0.2, 0.25) is 0 Å². The Balaban J connectivity index is 1.73. The van der Waals surface area contributed by atoms with Crippen molar-refractivity contribution >= 4 is 22.7 Å². The summed E-state index contributed by atoms with van der Waals surface area (Å²) in [7, 11) is 0. The molecule has 0 fully saturated rings. The van der Waals surface area contributed by atoms with E-state index in [0.29, 0.717) is 29.1 Å². The van der Waals surface area contributed by atoms with Crippen molar-refractivity contribution in [2.24, 2.45) is 0 Å². The number of hydrogen-bond donors (Lipinski definition) is 0. The molecule has 0 atom stereocenters. The van der Waals surface area contributed by atoms with Crippen LogP contribution < -0.4 is 4.74 Å². The number of pyridine rings is 1. The van der Waals surface area contributed by atoms with E-state index in [0.717, 1.165) is 11.3 Å². The van der Waals surface area contributed by atoms with Gasteiger partial charge >= 0.3 is 5.51 Å². The van der Waals surface area contributed by atoms with Gasteiger partial charge in [0.05, 0.1) is 10.5 Å². The average molecular weight is 414 g/mol. The SMILES string of the molecule is Cc1cccc(-n2c(SC(F)(F)F)cc3cc(OCc4ccccc4)ccc32)n1. The number of thioether (sulfide) groups is 1. The van der Waals surface area contributed by atoms with Crippen molar-refractivity contribution in [3.8, 4) is 11.6 Å². The molecule has 148 valence electrons. The third kappa shape index (κ3) is 4.56. The number of ether oxygens (including phenoxy) is 1. The number of rotatable bonds is 5. The molecule has 0 amide bonds. The van der Waals surface area contributed by atoms with Gasteiger partial charge in [-0.2, -0.15) is 13.2 Å². The van der Waals surface area contributed by atoms with Crippen LogP contribution in [0.25, 0.3) is 16.7 Å². The zero-order valence-electron chi connectivity index (χ0n) is 15.5. The van der Waals surface area contributed by atoms with Gasteiger partial charge in [0.25, 0.3) is 0 Å². The number of benzene rings is 2.